The van der Waals surface area contributed by atoms with Gasteiger partial charge in [-0.15, -0.1) is 5.10 Å². The Balaban J connectivity index is 1.82. The van der Waals surface area contributed by atoms with Crippen molar-refractivity contribution in [1.29, 1.82) is 0 Å². The number of non-ortho nitro benzene ring substituents is 1. The van der Waals surface area contributed by atoms with Crippen molar-refractivity contribution in [2.24, 2.45) is 5.92 Å². The Labute approximate surface area is 119 Å². The molecule has 0 amide bonds. The molecule has 3 rings (SSSR count). The van der Waals surface area contributed by atoms with Crippen molar-refractivity contribution in [3.8, 4) is 11.5 Å². The Morgan fingerprint density at radius 1 is 1.38 bits per heavy atom. The van der Waals surface area contributed by atoms with Gasteiger partial charge in [-0.3, -0.25) is 10.1 Å². The van der Waals surface area contributed by atoms with Crippen LogP contribution in [0.5, 0.6) is 0 Å². The van der Waals surface area contributed by atoms with E-state index in [-0.39, 0.29) is 17.5 Å². The van der Waals surface area contributed by atoms with Gasteiger partial charge in [-0.25, -0.2) is 4.79 Å². The van der Waals surface area contributed by atoms with E-state index in [0.717, 1.165) is 6.42 Å². The summed E-state index contributed by atoms with van der Waals surface area (Å²) in [5.41, 5.74) is 0.503. The average molecular weight is 291 g/mol. The van der Waals surface area contributed by atoms with Crippen molar-refractivity contribution in [2.75, 3.05) is 13.2 Å². The molecule has 1 saturated heterocycles. The van der Waals surface area contributed by atoms with Gasteiger partial charge in [-0.2, -0.15) is 4.68 Å². The number of nitro groups is 1. The molecule has 21 heavy (non-hydrogen) atoms. The van der Waals surface area contributed by atoms with Crippen LogP contribution in [0.2, 0.25) is 0 Å². The smallest absolute Gasteiger partial charge is 0.388 e. The molecule has 1 aromatic heterocycles. The van der Waals surface area contributed by atoms with Gasteiger partial charge in [0.05, 0.1) is 18.1 Å². The van der Waals surface area contributed by atoms with Crippen LogP contribution in [-0.4, -0.2) is 27.9 Å². The van der Waals surface area contributed by atoms with Gasteiger partial charge in [-0.1, -0.05) is 0 Å². The van der Waals surface area contributed by atoms with Crippen LogP contribution in [0.1, 0.15) is 6.42 Å². The number of benzene rings is 1. The minimum absolute atomic E-state index is 0.0244. The third-order valence-electron chi connectivity index (χ3n) is 3.39. The molecule has 1 aliphatic heterocycles. The molecule has 110 valence electrons. The summed E-state index contributed by atoms with van der Waals surface area (Å²) in [5.74, 6) is -0.110. The molecular formula is C13H13N3O5. The zero-order valence-corrected chi connectivity index (χ0v) is 11.1. The lowest BCUT2D eigenvalue weighted by molar-refractivity contribution is -0.384. The van der Waals surface area contributed by atoms with E-state index in [1.807, 2.05) is 0 Å². The number of aromatic nitrogens is 2. The second kappa shape index (κ2) is 5.49. The van der Waals surface area contributed by atoms with Crippen molar-refractivity contribution in [2.45, 2.75) is 13.0 Å². The summed E-state index contributed by atoms with van der Waals surface area (Å²) in [5, 5.41) is 14.7. The molecule has 0 N–H and O–H groups in total. The van der Waals surface area contributed by atoms with Gasteiger partial charge in [0.2, 0.25) is 5.89 Å². The van der Waals surface area contributed by atoms with Crippen LogP contribution in [-0.2, 0) is 11.3 Å². The fourth-order valence-corrected chi connectivity index (χ4v) is 2.24. The number of rotatable bonds is 4. The van der Waals surface area contributed by atoms with E-state index in [1.54, 1.807) is 0 Å². The maximum Gasteiger partial charge on any atom is 0.437 e. The Bertz CT molecular complexity index is 697. The van der Waals surface area contributed by atoms with Crippen molar-refractivity contribution in [3.63, 3.8) is 0 Å². The highest BCUT2D eigenvalue weighted by atomic mass is 16.6. The fraction of sp³-hybridized carbons (Fsp3) is 0.385. The largest absolute Gasteiger partial charge is 0.437 e. The zero-order valence-electron chi connectivity index (χ0n) is 11.1. The van der Waals surface area contributed by atoms with Crippen LogP contribution in [0.4, 0.5) is 5.69 Å². The summed E-state index contributed by atoms with van der Waals surface area (Å²) in [6.07, 6.45) is 0.895. The lowest BCUT2D eigenvalue weighted by Crippen LogP contribution is -2.21. The highest BCUT2D eigenvalue weighted by Crippen LogP contribution is 2.20. The molecule has 1 fully saturated rings. The monoisotopic (exact) mass is 291 g/mol. The highest BCUT2D eigenvalue weighted by molar-refractivity contribution is 5.55. The lowest BCUT2D eigenvalue weighted by atomic mass is 10.1. The van der Waals surface area contributed by atoms with Crippen molar-refractivity contribution in [3.05, 3.63) is 44.9 Å². The van der Waals surface area contributed by atoms with Gasteiger partial charge in [0.25, 0.3) is 5.69 Å². The summed E-state index contributed by atoms with van der Waals surface area (Å²) < 4.78 is 11.6. The van der Waals surface area contributed by atoms with E-state index in [1.165, 1.54) is 28.9 Å². The summed E-state index contributed by atoms with van der Waals surface area (Å²) in [6, 6.07) is 5.71. The molecular weight excluding hydrogens is 278 g/mol. The first-order valence-electron chi connectivity index (χ1n) is 6.54. The van der Waals surface area contributed by atoms with Crippen LogP contribution < -0.4 is 5.76 Å². The number of ether oxygens (including phenoxy) is 1. The Morgan fingerprint density at radius 3 is 2.76 bits per heavy atom. The van der Waals surface area contributed by atoms with E-state index in [9.17, 15) is 14.9 Å². The predicted molar refractivity (Wildman–Crippen MR) is 71.8 cm³/mol. The van der Waals surface area contributed by atoms with E-state index in [2.05, 4.69) is 5.10 Å². The molecule has 0 saturated carbocycles. The van der Waals surface area contributed by atoms with Crippen LogP contribution in [0.15, 0.2) is 33.5 Å². The third kappa shape index (κ3) is 2.84. The Kier molecular flexibility index (Phi) is 3.53. The van der Waals surface area contributed by atoms with Gasteiger partial charge in [0, 0.05) is 30.2 Å². The number of nitrogens with zero attached hydrogens (tertiary/aromatic N) is 3. The van der Waals surface area contributed by atoms with E-state index in [0.29, 0.717) is 25.3 Å². The number of nitro benzene ring substituents is 1. The summed E-state index contributed by atoms with van der Waals surface area (Å²) in [7, 11) is 0. The molecule has 1 atom stereocenters. The van der Waals surface area contributed by atoms with Crippen molar-refractivity contribution >= 4 is 5.69 Å². The molecule has 8 heteroatoms. The van der Waals surface area contributed by atoms with E-state index in [4.69, 9.17) is 9.15 Å². The maximum absolute atomic E-state index is 11.8. The van der Waals surface area contributed by atoms with Gasteiger partial charge in [0.1, 0.15) is 0 Å². The van der Waals surface area contributed by atoms with Crippen LogP contribution in [0.25, 0.3) is 11.5 Å². The van der Waals surface area contributed by atoms with E-state index < -0.39 is 10.7 Å². The van der Waals surface area contributed by atoms with Gasteiger partial charge < -0.3 is 9.15 Å². The summed E-state index contributed by atoms with van der Waals surface area (Å²) in [6.45, 7) is 1.77. The topological polar surface area (TPSA) is 100 Å². The molecule has 0 unspecified atom stereocenters. The summed E-state index contributed by atoms with van der Waals surface area (Å²) >= 11 is 0. The molecule has 0 radical (unpaired) electrons. The van der Waals surface area contributed by atoms with Gasteiger partial charge in [0.15, 0.2) is 0 Å². The second-order valence-electron chi connectivity index (χ2n) is 4.89. The second-order valence-corrected chi connectivity index (χ2v) is 4.89. The minimum atomic E-state index is -0.532. The Morgan fingerprint density at radius 2 is 2.14 bits per heavy atom. The Hall–Kier alpha value is -2.48. The van der Waals surface area contributed by atoms with E-state index >= 15 is 0 Å². The molecule has 1 aromatic carbocycles. The SMILES string of the molecule is O=c1oc(-c2ccc([N+](=O)[O-])cc2)nn1C[C@@H]1CCOC1. The molecule has 0 spiro atoms. The van der Waals surface area contributed by atoms with Crippen molar-refractivity contribution < 1.29 is 14.1 Å². The minimum Gasteiger partial charge on any atom is -0.388 e. The fourth-order valence-electron chi connectivity index (χ4n) is 2.24. The van der Waals surface area contributed by atoms with Crippen molar-refractivity contribution in [1.82, 2.24) is 9.78 Å². The molecule has 2 heterocycles. The molecule has 2 aromatic rings. The lowest BCUT2D eigenvalue weighted by Gasteiger charge is -2.04. The normalized spacial score (nSPS) is 18.0. The van der Waals surface area contributed by atoms with Crippen LogP contribution in [0.3, 0.4) is 0 Å². The quantitative estimate of drug-likeness (QED) is 0.624. The highest BCUT2D eigenvalue weighted by Gasteiger charge is 2.19. The first-order chi connectivity index (χ1) is 10.1. The number of hydrogen-bond donors (Lipinski definition) is 0. The standard InChI is InChI=1S/C13H13N3O5/c17-13-15(7-9-5-6-20-8-9)14-12(21-13)10-1-3-11(4-2-10)16(18)19/h1-4,9H,5-8H2/t9-/m0/s1. The average Bonchev–Trinajstić information content (AvgIpc) is 3.10. The first-order valence-corrected chi connectivity index (χ1v) is 6.54. The molecule has 0 aliphatic carbocycles. The molecule has 0 bridgehead atoms. The van der Waals surface area contributed by atoms with Gasteiger partial charge >= 0.3 is 5.76 Å². The van der Waals surface area contributed by atoms with Crippen LogP contribution >= 0.6 is 0 Å². The summed E-state index contributed by atoms with van der Waals surface area (Å²) in [4.78, 5) is 21.9. The van der Waals surface area contributed by atoms with Gasteiger partial charge in [-0.05, 0) is 18.6 Å². The molecule has 8 nitrogen and oxygen atoms in total. The third-order valence-corrected chi connectivity index (χ3v) is 3.39. The first kappa shape index (κ1) is 13.5. The number of hydrogen-bond acceptors (Lipinski definition) is 6. The zero-order chi connectivity index (χ0) is 14.8. The maximum atomic E-state index is 11.8. The van der Waals surface area contributed by atoms with Crippen LogP contribution in [0, 0.1) is 16.0 Å². The predicted octanol–water partition coefficient (Wildman–Crippen LogP) is 1.45. The molecule has 1 aliphatic rings.